The van der Waals surface area contributed by atoms with Gasteiger partial charge in [0, 0.05) is 22.8 Å². The topological polar surface area (TPSA) is 93.7 Å². The van der Waals surface area contributed by atoms with Gasteiger partial charge >= 0.3 is 12.3 Å². The Bertz CT molecular complexity index is 1730. The molecule has 2 amide bonds. The number of carbonyl (C=O) groups excluding carboxylic acids is 3. The Morgan fingerprint density at radius 2 is 1.47 bits per heavy atom. The van der Waals surface area contributed by atoms with E-state index in [1.54, 1.807) is 43.3 Å². The molecular weight excluding hydrogens is 681 g/mol. The molecule has 0 bridgehead atoms. The van der Waals surface area contributed by atoms with Crippen LogP contribution in [0.2, 0.25) is 5.02 Å². The fourth-order valence-electron chi connectivity index (χ4n) is 5.68. The smallest absolute Gasteiger partial charge is 0.466 e. The van der Waals surface area contributed by atoms with Crippen molar-refractivity contribution in [2.45, 2.75) is 72.1 Å². The Morgan fingerprint density at radius 1 is 0.843 bits per heavy atom. The van der Waals surface area contributed by atoms with Gasteiger partial charge in [-0.05, 0) is 103 Å². The van der Waals surface area contributed by atoms with Gasteiger partial charge in [0.15, 0.2) is 0 Å². The SMILES string of the molecule is CC.CCCC(c1ccc(C(=O)NCCC(=O)OCC)cc1)C(C(=O)Nc1ccc(-c2ccc(Cl)cc2C)cc1)c1ccc(OC(F)(F)F)cc1. The van der Waals surface area contributed by atoms with Crippen molar-refractivity contribution >= 4 is 35.1 Å². The van der Waals surface area contributed by atoms with Crippen molar-refractivity contribution in [1.82, 2.24) is 5.32 Å². The summed E-state index contributed by atoms with van der Waals surface area (Å²) < 4.78 is 47.6. The quantitative estimate of drug-likeness (QED) is 0.126. The molecule has 0 aliphatic rings. The summed E-state index contributed by atoms with van der Waals surface area (Å²) in [4.78, 5) is 38.4. The van der Waals surface area contributed by atoms with Gasteiger partial charge in [-0.2, -0.15) is 0 Å². The number of hydrogen-bond donors (Lipinski definition) is 2. The molecule has 0 spiro atoms. The van der Waals surface area contributed by atoms with Crippen molar-refractivity contribution < 1.29 is 37.0 Å². The number of ether oxygens (including phenoxy) is 2. The van der Waals surface area contributed by atoms with Crippen molar-refractivity contribution in [2.24, 2.45) is 0 Å². The Kier molecular flexibility index (Phi) is 15.5. The zero-order valence-corrected chi connectivity index (χ0v) is 30.2. The summed E-state index contributed by atoms with van der Waals surface area (Å²) in [5.74, 6) is -2.71. The van der Waals surface area contributed by atoms with Gasteiger partial charge in [-0.1, -0.05) is 81.3 Å². The number of rotatable bonds is 14. The first-order valence-corrected chi connectivity index (χ1v) is 17.3. The number of aryl methyl sites for hydroxylation is 1. The molecule has 0 saturated carbocycles. The van der Waals surface area contributed by atoms with Crippen LogP contribution in [0.5, 0.6) is 5.75 Å². The first-order valence-electron chi connectivity index (χ1n) is 17.0. The summed E-state index contributed by atoms with van der Waals surface area (Å²) in [5, 5.41) is 6.34. The lowest BCUT2D eigenvalue weighted by Crippen LogP contribution is -2.27. The number of anilines is 1. The summed E-state index contributed by atoms with van der Waals surface area (Å²) in [6, 6.07) is 25.1. The number of halogens is 4. The van der Waals surface area contributed by atoms with Gasteiger partial charge in [-0.25, -0.2) is 0 Å². The molecular formula is C40H44ClF3N2O5. The van der Waals surface area contributed by atoms with Crippen LogP contribution in [0.3, 0.4) is 0 Å². The van der Waals surface area contributed by atoms with Gasteiger partial charge in [0.1, 0.15) is 5.75 Å². The van der Waals surface area contributed by atoms with Crippen LogP contribution in [0.25, 0.3) is 11.1 Å². The summed E-state index contributed by atoms with van der Waals surface area (Å²) >= 11 is 6.12. The molecule has 11 heteroatoms. The van der Waals surface area contributed by atoms with E-state index in [-0.39, 0.29) is 31.4 Å². The second-order valence-corrected chi connectivity index (χ2v) is 11.9. The molecule has 0 aromatic heterocycles. The molecule has 0 fully saturated rings. The van der Waals surface area contributed by atoms with E-state index < -0.39 is 29.9 Å². The minimum Gasteiger partial charge on any atom is -0.466 e. The predicted octanol–water partition coefficient (Wildman–Crippen LogP) is 10.2. The highest BCUT2D eigenvalue weighted by Gasteiger charge is 2.33. The molecule has 0 aliphatic carbocycles. The van der Waals surface area contributed by atoms with Crippen LogP contribution in [-0.4, -0.2) is 37.3 Å². The number of benzene rings is 4. The second kappa shape index (κ2) is 19.5. The van der Waals surface area contributed by atoms with Crippen LogP contribution < -0.4 is 15.4 Å². The lowest BCUT2D eigenvalue weighted by Gasteiger charge is -2.28. The maximum atomic E-state index is 14.1. The van der Waals surface area contributed by atoms with Gasteiger partial charge in [0.25, 0.3) is 5.91 Å². The van der Waals surface area contributed by atoms with Gasteiger partial charge in [0.05, 0.1) is 18.9 Å². The van der Waals surface area contributed by atoms with E-state index in [1.165, 1.54) is 24.3 Å². The van der Waals surface area contributed by atoms with E-state index in [0.717, 1.165) is 22.3 Å². The number of esters is 1. The van der Waals surface area contributed by atoms with Crippen molar-refractivity contribution in [1.29, 1.82) is 0 Å². The zero-order chi connectivity index (χ0) is 37.6. The Balaban J connectivity index is 0.00000345. The molecule has 0 aliphatic heterocycles. The van der Waals surface area contributed by atoms with Crippen LogP contribution in [0.15, 0.2) is 91.0 Å². The third-order valence-corrected chi connectivity index (χ3v) is 8.17. The molecule has 0 radical (unpaired) electrons. The van der Waals surface area contributed by atoms with Crippen molar-refractivity contribution in [3.8, 4) is 16.9 Å². The molecule has 4 aromatic carbocycles. The molecule has 4 rings (SSSR count). The maximum Gasteiger partial charge on any atom is 0.573 e. The predicted molar refractivity (Wildman–Crippen MR) is 195 cm³/mol. The third kappa shape index (κ3) is 12.2. The van der Waals surface area contributed by atoms with Gasteiger partial charge in [-0.3, -0.25) is 14.4 Å². The van der Waals surface area contributed by atoms with Gasteiger partial charge < -0.3 is 20.1 Å². The maximum absolute atomic E-state index is 14.1. The Labute approximate surface area is 302 Å². The monoisotopic (exact) mass is 724 g/mol. The zero-order valence-electron chi connectivity index (χ0n) is 29.4. The highest BCUT2D eigenvalue weighted by atomic mass is 35.5. The lowest BCUT2D eigenvalue weighted by molar-refractivity contribution is -0.274. The summed E-state index contributed by atoms with van der Waals surface area (Å²) in [5.41, 5.74) is 5.14. The van der Waals surface area contributed by atoms with Gasteiger partial charge in [-0.15, -0.1) is 13.2 Å². The first kappa shape index (κ1) is 40.6. The van der Waals surface area contributed by atoms with Crippen LogP contribution in [-0.2, 0) is 14.3 Å². The standard InChI is InChI=1S/C38H38ClF3N2O5.C2H6/c1-4-6-33(26-7-9-28(10-8-26)36(46)43-22-21-34(45)48-5-2)35(27-13-18-31(19-14-27)49-38(40,41)42)37(47)44-30-16-11-25(12-17-30)32-20-15-29(39)23-24(32)3;1-2/h7-20,23,33,35H,4-6,21-22H2,1-3H3,(H,43,46)(H,44,47);1-2H3. The number of nitrogens with one attached hydrogen (secondary N) is 2. The van der Waals surface area contributed by atoms with E-state index in [4.69, 9.17) is 16.3 Å². The van der Waals surface area contributed by atoms with E-state index >= 15 is 0 Å². The molecule has 2 atom stereocenters. The highest BCUT2D eigenvalue weighted by molar-refractivity contribution is 6.30. The Morgan fingerprint density at radius 3 is 2.04 bits per heavy atom. The van der Waals surface area contributed by atoms with Crippen LogP contribution in [0.1, 0.15) is 85.8 Å². The van der Waals surface area contributed by atoms with Crippen LogP contribution >= 0.6 is 11.6 Å². The summed E-state index contributed by atoms with van der Waals surface area (Å²) in [6.45, 7) is 10.0. The number of hydrogen-bond acceptors (Lipinski definition) is 5. The van der Waals surface area contributed by atoms with Crippen LogP contribution in [0.4, 0.5) is 18.9 Å². The van der Waals surface area contributed by atoms with E-state index in [9.17, 15) is 27.6 Å². The van der Waals surface area contributed by atoms with E-state index in [0.29, 0.717) is 34.7 Å². The molecule has 4 aromatic rings. The van der Waals surface area contributed by atoms with Crippen molar-refractivity contribution in [2.75, 3.05) is 18.5 Å². The molecule has 0 saturated heterocycles. The second-order valence-electron chi connectivity index (χ2n) is 11.4. The molecule has 0 heterocycles. The number of carbonyl (C=O) groups is 3. The minimum absolute atomic E-state index is 0.0450. The summed E-state index contributed by atoms with van der Waals surface area (Å²) in [7, 11) is 0. The van der Waals surface area contributed by atoms with E-state index in [2.05, 4.69) is 15.4 Å². The molecule has 2 N–H and O–H groups in total. The van der Waals surface area contributed by atoms with Crippen molar-refractivity contribution in [3.63, 3.8) is 0 Å². The third-order valence-electron chi connectivity index (χ3n) is 7.93. The number of amides is 2. The molecule has 272 valence electrons. The average molecular weight is 725 g/mol. The first-order chi connectivity index (χ1) is 24.4. The van der Waals surface area contributed by atoms with Crippen molar-refractivity contribution in [3.05, 3.63) is 118 Å². The largest absolute Gasteiger partial charge is 0.573 e. The fraction of sp³-hybridized carbons (Fsp3) is 0.325. The lowest BCUT2D eigenvalue weighted by atomic mass is 9.78. The average Bonchev–Trinajstić information content (AvgIpc) is 3.09. The van der Waals surface area contributed by atoms with Crippen LogP contribution in [0, 0.1) is 6.92 Å². The molecule has 7 nitrogen and oxygen atoms in total. The highest BCUT2D eigenvalue weighted by Crippen LogP contribution is 2.39. The Hall–Kier alpha value is -4.83. The minimum atomic E-state index is -4.85. The fourth-order valence-corrected chi connectivity index (χ4v) is 5.91. The molecule has 51 heavy (non-hydrogen) atoms. The normalized spacial score (nSPS) is 12.1. The van der Waals surface area contributed by atoms with Gasteiger partial charge in [0.2, 0.25) is 5.91 Å². The molecule has 2 unspecified atom stereocenters. The van der Waals surface area contributed by atoms with E-state index in [1.807, 2.05) is 58.0 Å². The summed E-state index contributed by atoms with van der Waals surface area (Å²) in [6.07, 6.45) is -3.54. The number of alkyl halides is 3.